The zero-order valence-electron chi connectivity index (χ0n) is 33.5. The lowest BCUT2D eigenvalue weighted by molar-refractivity contribution is -0.147. The first-order valence-electron chi connectivity index (χ1n) is 21.6. The third-order valence-corrected chi connectivity index (χ3v) is 9.56. The zero-order chi connectivity index (χ0) is 37.3. The summed E-state index contributed by atoms with van der Waals surface area (Å²) >= 11 is 0. The lowest BCUT2D eigenvalue weighted by Gasteiger charge is -2.14. The van der Waals surface area contributed by atoms with E-state index in [1.54, 1.807) is 0 Å². The van der Waals surface area contributed by atoms with E-state index < -0.39 is 5.97 Å². The van der Waals surface area contributed by atoms with Gasteiger partial charge in [0.05, 0.1) is 0 Å². The fourth-order valence-electron chi connectivity index (χ4n) is 6.39. The van der Waals surface area contributed by atoms with Crippen molar-refractivity contribution in [2.45, 2.75) is 225 Å². The fraction of sp³-hybridized carbons (Fsp3) is 0.800. The van der Waals surface area contributed by atoms with Gasteiger partial charge in [-0.1, -0.05) is 192 Å². The highest BCUT2D eigenvalue weighted by Crippen LogP contribution is 2.17. The van der Waals surface area contributed by atoms with E-state index in [-0.39, 0.29) is 24.5 Å². The number of carboxylic acid groups (broad SMARTS) is 1. The van der Waals surface area contributed by atoms with Gasteiger partial charge in [-0.05, 0) is 51.0 Å². The number of amides is 1. The van der Waals surface area contributed by atoms with Gasteiger partial charge in [-0.25, -0.2) is 0 Å². The molecule has 2 N–H and O–H groups in total. The molecule has 51 heavy (non-hydrogen) atoms. The minimum absolute atomic E-state index is 0.0755. The highest BCUT2D eigenvalue weighted by Gasteiger charge is 2.11. The van der Waals surface area contributed by atoms with Crippen molar-refractivity contribution in [1.29, 1.82) is 0 Å². The molecule has 6 heteroatoms. The topological polar surface area (TPSA) is 92.7 Å². The zero-order valence-corrected chi connectivity index (χ0v) is 33.5. The van der Waals surface area contributed by atoms with Crippen molar-refractivity contribution < 1.29 is 24.2 Å². The van der Waals surface area contributed by atoms with Gasteiger partial charge in [0.25, 0.3) is 0 Å². The minimum atomic E-state index is -1.02. The lowest BCUT2D eigenvalue weighted by Crippen LogP contribution is -2.28. The highest BCUT2D eigenvalue weighted by molar-refractivity contribution is 5.80. The second-order valence-corrected chi connectivity index (χ2v) is 14.6. The molecule has 0 aromatic rings. The molecule has 0 saturated carbocycles. The Balaban J connectivity index is 4.01. The molecular formula is C45H81NO5. The van der Waals surface area contributed by atoms with Crippen LogP contribution in [0.3, 0.4) is 0 Å². The Bertz CT molecular complexity index is 880. The van der Waals surface area contributed by atoms with E-state index in [1.165, 1.54) is 116 Å². The Morgan fingerprint density at radius 1 is 0.529 bits per heavy atom. The molecule has 0 aliphatic rings. The molecule has 0 aliphatic carbocycles. The molecule has 0 aromatic heterocycles. The number of nitrogens with one attached hydrogen (secondary N) is 1. The number of hydrogen-bond donors (Lipinski definition) is 2. The first-order chi connectivity index (χ1) is 25.0. The Kier molecular flexibility index (Phi) is 38.5. The normalized spacial score (nSPS) is 12.4. The number of ether oxygens (including phenoxy) is 1. The molecule has 0 rings (SSSR count). The molecule has 0 radical (unpaired) electrons. The van der Waals surface area contributed by atoms with Gasteiger partial charge in [0, 0.05) is 12.8 Å². The maximum atomic E-state index is 12.7. The number of hydrogen-bond acceptors (Lipinski definition) is 4. The van der Waals surface area contributed by atoms with Crippen molar-refractivity contribution in [2.24, 2.45) is 0 Å². The predicted octanol–water partition coefficient (Wildman–Crippen LogP) is 13.3. The van der Waals surface area contributed by atoms with Crippen molar-refractivity contribution in [3.8, 4) is 0 Å². The Hall–Kier alpha value is -2.37. The van der Waals surface area contributed by atoms with Gasteiger partial charge in [0.1, 0.15) is 12.6 Å². The second kappa shape index (κ2) is 40.4. The van der Waals surface area contributed by atoms with Gasteiger partial charge in [0.2, 0.25) is 5.91 Å². The molecular weight excluding hydrogens is 634 g/mol. The van der Waals surface area contributed by atoms with Crippen molar-refractivity contribution in [1.82, 2.24) is 5.32 Å². The van der Waals surface area contributed by atoms with Crippen LogP contribution in [0.4, 0.5) is 0 Å². The van der Waals surface area contributed by atoms with E-state index in [9.17, 15) is 14.4 Å². The molecule has 0 spiro atoms. The van der Waals surface area contributed by atoms with E-state index in [1.807, 2.05) is 0 Å². The van der Waals surface area contributed by atoms with E-state index in [4.69, 9.17) is 9.84 Å². The molecule has 0 aromatic carbocycles. The van der Waals surface area contributed by atoms with E-state index >= 15 is 0 Å². The summed E-state index contributed by atoms with van der Waals surface area (Å²) < 4.78 is 5.91. The number of allylic oxidation sites excluding steroid dienone is 5. The van der Waals surface area contributed by atoms with Crippen LogP contribution in [0.1, 0.15) is 219 Å². The van der Waals surface area contributed by atoms with Crippen LogP contribution in [0.5, 0.6) is 0 Å². The monoisotopic (exact) mass is 716 g/mol. The first kappa shape index (κ1) is 48.6. The quantitative estimate of drug-likeness (QED) is 0.0375. The molecule has 0 fully saturated rings. The number of rotatable bonds is 39. The summed E-state index contributed by atoms with van der Waals surface area (Å²) in [6.07, 6.45) is 50.2. The van der Waals surface area contributed by atoms with Crippen LogP contribution < -0.4 is 5.32 Å². The standard InChI is InChI=1S/C45H81NO5/c1-3-5-7-9-11-13-14-15-16-17-18-19-20-21-22-23-24-26-32-36-40-45(50)51-42(37-33-29-25-12-10-8-6-4-2)38-34-30-27-28-31-35-39-43(47)46-41-44(48)49/h6,8,12,25,33,37,42H,3-5,7,9-11,13-24,26-32,34-36,38-41H2,1-2H3,(H,46,47)(H,48,49)/b8-6-,25-12-,37-33-. The first-order valence-corrected chi connectivity index (χ1v) is 21.6. The molecule has 0 bridgehead atoms. The number of carboxylic acids is 1. The summed E-state index contributed by atoms with van der Waals surface area (Å²) in [6.45, 7) is 4.11. The van der Waals surface area contributed by atoms with Crippen LogP contribution in [0.25, 0.3) is 0 Å². The molecule has 1 amide bonds. The molecule has 1 unspecified atom stereocenters. The summed E-state index contributed by atoms with van der Waals surface area (Å²) in [5.74, 6) is -1.29. The van der Waals surface area contributed by atoms with E-state index in [0.717, 1.165) is 77.0 Å². The third-order valence-electron chi connectivity index (χ3n) is 9.56. The summed E-state index contributed by atoms with van der Waals surface area (Å²) in [5, 5.41) is 11.0. The largest absolute Gasteiger partial charge is 0.480 e. The highest BCUT2D eigenvalue weighted by atomic mass is 16.5. The average molecular weight is 716 g/mol. The number of carbonyl (C=O) groups is 3. The molecule has 6 nitrogen and oxygen atoms in total. The van der Waals surface area contributed by atoms with Crippen LogP contribution in [-0.4, -0.2) is 35.6 Å². The SMILES string of the molecule is CC/C=C\C/C=C\C/C=C\C(CCCCCCCCC(=O)NCC(=O)O)OC(=O)CCCCCCCCCCCCCCCCCCCCCC. The summed E-state index contributed by atoms with van der Waals surface area (Å²) in [6, 6.07) is 0. The van der Waals surface area contributed by atoms with Crippen LogP contribution in [0.2, 0.25) is 0 Å². The smallest absolute Gasteiger partial charge is 0.322 e. The fourth-order valence-corrected chi connectivity index (χ4v) is 6.39. The van der Waals surface area contributed by atoms with Gasteiger partial charge in [-0.15, -0.1) is 0 Å². The van der Waals surface area contributed by atoms with Gasteiger partial charge in [-0.3, -0.25) is 14.4 Å². The summed E-state index contributed by atoms with van der Waals surface area (Å²) in [5.41, 5.74) is 0. The van der Waals surface area contributed by atoms with Crippen LogP contribution in [0.15, 0.2) is 36.5 Å². The maximum absolute atomic E-state index is 12.7. The summed E-state index contributed by atoms with van der Waals surface area (Å²) in [7, 11) is 0. The lowest BCUT2D eigenvalue weighted by atomic mass is 10.0. The van der Waals surface area contributed by atoms with Crippen molar-refractivity contribution in [2.75, 3.05) is 6.54 Å². The Labute approximate surface area is 315 Å². The van der Waals surface area contributed by atoms with Crippen molar-refractivity contribution >= 4 is 17.8 Å². The number of unbranched alkanes of at least 4 members (excludes halogenated alkanes) is 24. The molecule has 1 atom stereocenters. The van der Waals surface area contributed by atoms with Crippen LogP contribution in [-0.2, 0) is 19.1 Å². The molecule has 0 aliphatic heterocycles. The average Bonchev–Trinajstić information content (AvgIpc) is 3.11. The second-order valence-electron chi connectivity index (χ2n) is 14.6. The van der Waals surface area contributed by atoms with Gasteiger partial charge in [-0.2, -0.15) is 0 Å². The number of carbonyl (C=O) groups excluding carboxylic acids is 2. The summed E-state index contributed by atoms with van der Waals surface area (Å²) in [4.78, 5) is 34.9. The van der Waals surface area contributed by atoms with Crippen molar-refractivity contribution in [3.05, 3.63) is 36.5 Å². The predicted molar refractivity (Wildman–Crippen MR) is 217 cm³/mol. The third kappa shape index (κ3) is 40.3. The van der Waals surface area contributed by atoms with Crippen molar-refractivity contribution in [3.63, 3.8) is 0 Å². The van der Waals surface area contributed by atoms with Crippen LogP contribution in [0, 0.1) is 0 Å². The van der Waals surface area contributed by atoms with Crippen LogP contribution >= 0.6 is 0 Å². The number of aliphatic carboxylic acids is 1. The van der Waals surface area contributed by atoms with Gasteiger partial charge in [0.15, 0.2) is 0 Å². The molecule has 0 saturated heterocycles. The van der Waals surface area contributed by atoms with Gasteiger partial charge >= 0.3 is 11.9 Å². The number of esters is 1. The molecule has 296 valence electrons. The Morgan fingerprint density at radius 3 is 1.41 bits per heavy atom. The maximum Gasteiger partial charge on any atom is 0.322 e. The van der Waals surface area contributed by atoms with E-state index in [0.29, 0.717) is 12.8 Å². The minimum Gasteiger partial charge on any atom is -0.480 e. The van der Waals surface area contributed by atoms with Gasteiger partial charge < -0.3 is 15.2 Å². The Morgan fingerprint density at radius 2 is 0.941 bits per heavy atom. The van der Waals surface area contributed by atoms with E-state index in [2.05, 4.69) is 55.6 Å². The molecule has 0 heterocycles.